The minimum absolute atomic E-state index is 0.111. The normalized spacial score (nSPS) is 17.3. The molecule has 1 aromatic heterocycles. The predicted molar refractivity (Wildman–Crippen MR) is 133 cm³/mol. The van der Waals surface area contributed by atoms with Gasteiger partial charge >= 0.3 is 5.69 Å². The SMILES string of the molecule is Cc1ccc2c(c1)C(=O)N([C@@H]1CCCN(c3cc(=O)n(C)c(=O)n3Cc3ccccc3C#N)C1)C2=O. The number of hydrogen-bond acceptors (Lipinski definition) is 6. The first-order chi connectivity index (χ1) is 17.3. The molecule has 1 atom stereocenters. The molecule has 0 unspecified atom stereocenters. The lowest BCUT2D eigenvalue weighted by molar-refractivity contribution is 0.0569. The van der Waals surface area contributed by atoms with E-state index in [1.807, 2.05) is 17.9 Å². The van der Waals surface area contributed by atoms with Crippen LogP contribution in [0.2, 0.25) is 0 Å². The number of benzene rings is 2. The van der Waals surface area contributed by atoms with Crippen molar-refractivity contribution in [3.8, 4) is 6.07 Å². The number of amides is 2. The fourth-order valence-corrected chi connectivity index (χ4v) is 5.09. The van der Waals surface area contributed by atoms with Gasteiger partial charge < -0.3 is 4.90 Å². The molecule has 3 heterocycles. The minimum atomic E-state index is -0.497. The zero-order chi connectivity index (χ0) is 25.6. The monoisotopic (exact) mass is 483 g/mol. The molecule has 0 radical (unpaired) electrons. The molecule has 0 bridgehead atoms. The molecule has 9 heteroatoms. The smallest absolute Gasteiger partial charge is 0.332 e. The van der Waals surface area contributed by atoms with E-state index in [9.17, 15) is 24.4 Å². The number of nitriles is 1. The Kier molecular flexibility index (Phi) is 5.80. The minimum Gasteiger partial charge on any atom is -0.356 e. The largest absolute Gasteiger partial charge is 0.356 e. The van der Waals surface area contributed by atoms with Crippen LogP contribution >= 0.6 is 0 Å². The molecule has 1 fully saturated rings. The Morgan fingerprint density at radius 2 is 1.75 bits per heavy atom. The second-order valence-electron chi connectivity index (χ2n) is 9.31. The Hall–Kier alpha value is -4.45. The average Bonchev–Trinajstić information content (AvgIpc) is 3.13. The zero-order valence-electron chi connectivity index (χ0n) is 20.1. The van der Waals surface area contributed by atoms with Gasteiger partial charge in [-0.2, -0.15) is 5.26 Å². The molecule has 0 aliphatic carbocycles. The van der Waals surface area contributed by atoms with E-state index in [4.69, 9.17) is 0 Å². The molecule has 0 spiro atoms. The van der Waals surface area contributed by atoms with E-state index in [0.717, 1.165) is 10.1 Å². The molecular weight excluding hydrogens is 458 g/mol. The summed E-state index contributed by atoms with van der Waals surface area (Å²) in [4.78, 5) is 55.3. The molecular formula is C27H25N5O4. The third-order valence-corrected chi connectivity index (χ3v) is 7.00. The number of carbonyl (C=O) groups excluding carboxylic acids is 2. The van der Waals surface area contributed by atoms with Gasteiger partial charge in [-0.3, -0.25) is 28.4 Å². The van der Waals surface area contributed by atoms with Crippen LogP contribution < -0.4 is 16.1 Å². The summed E-state index contributed by atoms with van der Waals surface area (Å²) in [6.07, 6.45) is 1.31. The lowest BCUT2D eigenvalue weighted by Crippen LogP contribution is -2.52. The van der Waals surface area contributed by atoms with Gasteiger partial charge in [-0.15, -0.1) is 0 Å². The second-order valence-corrected chi connectivity index (χ2v) is 9.31. The third-order valence-electron chi connectivity index (χ3n) is 7.00. The van der Waals surface area contributed by atoms with Gasteiger partial charge in [0.15, 0.2) is 0 Å². The molecule has 5 rings (SSSR count). The quantitative estimate of drug-likeness (QED) is 0.526. The molecule has 9 nitrogen and oxygen atoms in total. The van der Waals surface area contributed by atoms with E-state index < -0.39 is 17.3 Å². The number of rotatable bonds is 4. The van der Waals surface area contributed by atoms with Crippen LogP contribution in [0.4, 0.5) is 5.82 Å². The molecule has 3 aromatic rings. The van der Waals surface area contributed by atoms with Gasteiger partial charge in [-0.25, -0.2) is 4.79 Å². The number of fused-ring (bicyclic) bond motifs is 1. The van der Waals surface area contributed by atoms with E-state index >= 15 is 0 Å². The van der Waals surface area contributed by atoms with E-state index in [1.54, 1.807) is 36.4 Å². The van der Waals surface area contributed by atoms with Gasteiger partial charge in [-0.05, 0) is 43.5 Å². The van der Waals surface area contributed by atoms with Gasteiger partial charge in [0.05, 0.1) is 35.3 Å². The standard InChI is InChI=1S/C27H25N5O4/c1-17-9-10-21-22(12-17)26(35)32(25(21)34)20-8-5-11-30(16-20)23-13-24(33)29(2)27(36)31(23)15-19-7-4-3-6-18(19)14-28/h3-4,6-7,9-10,12-13,20H,5,8,11,15-16H2,1-2H3/t20-/m1/s1. The highest BCUT2D eigenvalue weighted by atomic mass is 16.2. The van der Waals surface area contributed by atoms with Gasteiger partial charge in [0.1, 0.15) is 5.82 Å². The van der Waals surface area contributed by atoms with Crippen LogP contribution in [0.15, 0.2) is 58.1 Å². The van der Waals surface area contributed by atoms with Crippen LogP contribution in [0.5, 0.6) is 0 Å². The molecule has 36 heavy (non-hydrogen) atoms. The van der Waals surface area contributed by atoms with Crippen molar-refractivity contribution in [3.63, 3.8) is 0 Å². The van der Waals surface area contributed by atoms with Crippen LogP contribution in [-0.2, 0) is 13.6 Å². The summed E-state index contributed by atoms with van der Waals surface area (Å²) in [7, 11) is 1.42. The zero-order valence-corrected chi connectivity index (χ0v) is 20.1. The lowest BCUT2D eigenvalue weighted by atomic mass is 10.0. The molecule has 2 aliphatic rings. The maximum atomic E-state index is 13.2. The highest BCUT2D eigenvalue weighted by Gasteiger charge is 2.41. The number of aromatic nitrogens is 2. The number of piperidine rings is 1. The number of nitrogens with zero attached hydrogens (tertiary/aromatic N) is 5. The van der Waals surface area contributed by atoms with Crippen molar-refractivity contribution < 1.29 is 9.59 Å². The van der Waals surface area contributed by atoms with Crippen LogP contribution in [0.3, 0.4) is 0 Å². The Bertz CT molecular complexity index is 1560. The molecule has 182 valence electrons. The molecule has 0 N–H and O–H groups in total. The summed E-state index contributed by atoms with van der Waals surface area (Å²) in [5, 5.41) is 9.51. The first-order valence-corrected chi connectivity index (χ1v) is 11.8. The number of aryl methyl sites for hydroxylation is 1. The fraction of sp³-hybridized carbons (Fsp3) is 0.296. The lowest BCUT2D eigenvalue weighted by Gasteiger charge is -2.38. The predicted octanol–water partition coefficient (Wildman–Crippen LogP) is 2.04. The first kappa shape index (κ1) is 23.3. The highest BCUT2D eigenvalue weighted by Crippen LogP contribution is 2.30. The van der Waals surface area contributed by atoms with E-state index in [0.29, 0.717) is 54.0 Å². The summed E-state index contributed by atoms with van der Waals surface area (Å²) in [6, 6.07) is 15.4. The second kappa shape index (κ2) is 8.96. The molecule has 2 aromatic carbocycles. The van der Waals surface area contributed by atoms with Gasteiger partial charge in [-0.1, -0.05) is 29.8 Å². The topological polar surface area (TPSA) is 108 Å². The molecule has 2 amide bonds. The van der Waals surface area contributed by atoms with Crippen LogP contribution in [0.1, 0.15) is 50.2 Å². The van der Waals surface area contributed by atoms with Crippen molar-refractivity contribution in [2.75, 3.05) is 18.0 Å². The first-order valence-electron chi connectivity index (χ1n) is 11.8. The van der Waals surface area contributed by atoms with Crippen molar-refractivity contribution >= 4 is 17.6 Å². The summed E-state index contributed by atoms with van der Waals surface area (Å²) in [5.41, 5.74) is 1.89. The number of carbonyl (C=O) groups is 2. The summed E-state index contributed by atoms with van der Waals surface area (Å²) >= 11 is 0. The molecule has 1 saturated heterocycles. The number of anilines is 1. The van der Waals surface area contributed by atoms with Gasteiger partial charge in [0.25, 0.3) is 17.4 Å². The van der Waals surface area contributed by atoms with Crippen molar-refractivity contribution in [1.29, 1.82) is 5.26 Å². The maximum Gasteiger partial charge on any atom is 0.332 e. The fourth-order valence-electron chi connectivity index (χ4n) is 5.09. The van der Waals surface area contributed by atoms with Crippen LogP contribution in [-0.4, -0.2) is 45.0 Å². The Morgan fingerprint density at radius 1 is 1.00 bits per heavy atom. The van der Waals surface area contributed by atoms with Crippen molar-refractivity contribution in [3.05, 3.63) is 97.2 Å². The molecule has 2 aliphatic heterocycles. The van der Waals surface area contributed by atoms with E-state index in [-0.39, 0.29) is 18.4 Å². The van der Waals surface area contributed by atoms with Gasteiger partial charge in [0.2, 0.25) is 0 Å². The van der Waals surface area contributed by atoms with E-state index in [1.165, 1.54) is 22.6 Å². The maximum absolute atomic E-state index is 13.2. The summed E-state index contributed by atoms with van der Waals surface area (Å²) in [5.74, 6) is -0.214. The Morgan fingerprint density at radius 3 is 2.53 bits per heavy atom. The Balaban J connectivity index is 1.51. The van der Waals surface area contributed by atoms with E-state index in [2.05, 4.69) is 6.07 Å². The summed E-state index contributed by atoms with van der Waals surface area (Å²) in [6.45, 7) is 2.85. The van der Waals surface area contributed by atoms with Crippen LogP contribution in [0.25, 0.3) is 0 Å². The molecule has 0 saturated carbocycles. The van der Waals surface area contributed by atoms with Crippen molar-refractivity contribution in [2.24, 2.45) is 7.05 Å². The highest BCUT2D eigenvalue weighted by molar-refractivity contribution is 6.21. The van der Waals surface area contributed by atoms with Gasteiger partial charge in [0, 0.05) is 26.2 Å². The number of imide groups is 1. The number of hydrogen-bond donors (Lipinski definition) is 0. The van der Waals surface area contributed by atoms with Crippen LogP contribution in [0, 0.1) is 18.3 Å². The Labute approximate surface area is 207 Å². The summed E-state index contributed by atoms with van der Waals surface area (Å²) < 4.78 is 2.51. The third kappa shape index (κ3) is 3.81. The average molecular weight is 484 g/mol. The van der Waals surface area contributed by atoms with Crippen molar-refractivity contribution in [1.82, 2.24) is 14.0 Å². The van der Waals surface area contributed by atoms with Crippen molar-refractivity contribution in [2.45, 2.75) is 32.4 Å².